The summed E-state index contributed by atoms with van der Waals surface area (Å²) in [5.41, 5.74) is 0.871. The summed E-state index contributed by atoms with van der Waals surface area (Å²) in [5, 5.41) is 0. The van der Waals surface area contributed by atoms with E-state index in [0.717, 1.165) is 49.9 Å². The van der Waals surface area contributed by atoms with Gasteiger partial charge in [-0.05, 0) is 36.0 Å². The Bertz CT molecular complexity index is 368. The van der Waals surface area contributed by atoms with Crippen LogP contribution >= 0.6 is 0 Å². The van der Waals surface area contributed by atoms with Crippen LogP contribution in [0.5, 0.6) is 0 Å². The number of hydrogen-bond acceptors (Lipinski definition) is 2. The molecule has 0 aromatic heterocycles. The van der Waals surface area contributed by atoms with Crippen LogP contribution in [0.25, 0.3) is 0 Å². The topological polar surface area (TPSA) is 18.5 Å². The standard InChI is InChI=1S/C17H32NO2.HI/c1-16(2)14-5-6-17(16,3)15(13-14)20-12-9-18(4)7-10-19-11-8-18;/h14-15H,5-13H2,1-4H3;1H/q+1;/p-1. The average molecular weight is 409 g/mol. The van der Waals surface area contributed by atoms with Crippen LogP contribution in [0.2, 0.25) is 0 Å². The minimum Gasteiger partial charge on any atom is -1.00 e. The lowest BCUT2D eigenvalue weighted by Crippen LogP contribution is -3.00. The van der Waals surface area contributed by atoms with Crippen LogP contribution in [-0.2, 0) is 9.47 Å². The van der Waals surface area contributed by atoms with Crippen molar-refractivity contribution in [2.45, 2.75) is 46.1 Å². The molecule has 0 aromatic rings. The first-order chi connectivity index (χ1) is 9.37. The molecule has 2 bridgehead atoms. The Balaban J connectivity index is 0.00000161. The van der Waals surface area contributed by atoms with Crippen molar-refractivity contribution in [3.05, 3.63) is 0 Å². The van der Waals surface area contributed by atoms with E-state index in [1.54, 1.807) is 0 Å². The second-order valence-electron chi connectivity index (χ2n) is 8.37. The Morgan fingerprint density at radius 3 is 2.38 bits per heavy atom. The number of fused-ring (bicyclic) bond motifs is 2. The van der Waals surface area contributed by atoms with Crippen molar-refractivity contribution in [2.24, 2.45) is 16.7 Å². The lowest BCUT2D eigenvalue weighted by Gasteiger charge is -2.40. The molecule has 0 spiro atoms. The number of ether oxygens (including phenoxy) is 2. The molecule has 2 aliphatic carbocycles. The summed E-state index contributed by atoms with van der Waals surface area (Å²) in [6.45, 7) is 13.5. The average Bonchev–Trinajstić information content (AvgIpc) is 2.72. The number of morpholine rings is 1. The molecule has 0 N–H and O–H groups in total. The molecule has 21 heavy (non-hydrogen) atoms. The number of rotatable bonds is 4. The van der Waals surface area contributed by atoms with E-state index in [-0.39, 0.29) is 24.0 Å². The number of nitrogens with zero attached hydrogens (tertiary/aromatic N) is 1. The van der Waals surface area contributed by atoms with Gasteiger partial charge in [0.25, 0.3) is 0 Å². The van der Waals surface area contributed by atoms with E-state index in [9.17, 15) is 0 Å². The molecule has 3 aliphatic rings. The van der Waals surface area contributed by atoms with Gasteiger partial charge in [0.15, 0.2) is 0 Å². The Morgan fingerprint density at radius 1 is 1.19 bits per heavy atom. The highest BCUT2D eigenvalue weighted by Gasteiger charge is 2.61. The first-order valence-electron chi connectivity index (χ1n) is 8.40. The molecule has 0 radical (unpaired) electrons. The molecular weight excluding hydrogens is 377 g/mol. The van der Waals surface area contributed by atoms with Gasteiger partial charge in [-0.3, -0.25) is 0 Å². The van der Waals surface area contributed by atoms with Crippen LogP contribution in [0.1, 0.15) is 40.0 Å². The lowest BCUT2D eigenvalue weighted by molar-refractivity contribution is -0.917. The van der Waals surface area contributed by atoms with Gasteiger partial charge >= 0.3 is 0 Å². The summed E-state index contributed by atoms with van der Waals surface area (Å²) in [4.78, 5) is 0. The highest BCUT2D eigenvalue weighted by Crippen LogP contribution is 2.66. The van der Waals surface area contributed by atoms with Crippen molar-refractivity contribution in [3.63, 3.8) is 0 Å². The summed E-state index contributed by atoms with van der Waals surface area (Å²) in [5.74, 6) is 0.880. The quantitative estimate of drug-likeness (QED) is 0.469. The van der Waals surface area contributed by atoms with E-state index in [2.05, 4.69) is 27.8 Å². The van der Waals surface area contributed by atoms with E-state index in [4.69, 9.17) is 9.47 Å². The lowest BCUT2D eigenvalue weighted by atomic mass is 9.70. The van der Waals surface area contributed by atoms with Crippen molar-refractivity contribution in [2.75, 3.05) is 46.5 Å². The third-order valence-electron chi connectivity index (χ3n) is 7.22. The fourth-order valence-electron chi connectivity index (χ4n) is 4.80. The molecule has 3 nitrogen and oxygen atoms in total. The van der Waals surface area contributed by atoms with E-state index < -0.39 is 0 Å². The smallest absolute Gasteiger partial charge is 0.102 e. The summed E-state index contributed by atoms with van der Waals surface area (Å²) in [6, 6.07) is 0. The third kappa shape index (κ3) is 3.02. The predicted molar refractivity (Wildman–Crippen MR) is 80.6 cm³/mol. The highest BCUT2D eigenvalue weighted by molar-refractivity contribution is 5.11. The summed E-state index contributed by atoms with van der Waals surface area (Å²) in [6.07, 6.45) is 4.55. The van der Waals surface area contributed by atoms with E-state index in [1.807, 2.05) is 0 Å². The molecule has 2 saturated carbocycles. The summed E-state index contributed by atoms with van der Waals surface area (Å²) < 4.78 is 13.0. The van der Waals surface area contributed by atoms with Crippen LogP contribution in [0.4, 0.5) is 0 Å². The molecule has 0 amide bonds. The van der Waals surface area contributed by atoms with E-state index in [0.29, 0.717) is 16.9 Å². The second kappa shape index (κ2) is 6.25. The number of quaternary nitrogens is 1. The normalized spacial score (nSPS) is 40.0. The molecule has 3 atom stereocenters. The molecule has 0 aromatic carbocycles. The van der Waals surface area contributed by atoms with Gasteiger partial charge in [0.05, 0.1) is 33.0 Å². The highest BCUT2D eigenvalue weighted by atomic mass is 127. The van der Waals surface area contributed by atoms with Crippen molar-refractivity contribution < 1.29 is 37.9 Å². The maximum Gasteiger partial charge on any atom is 0.102 e. The predicted octanol–water partition coefficient (Wildman–Crippen LogP) is -0.301. The zero-order valence-electron chi connectivity index (χ0n) is 14.2. The zero-order valence-corrected chi connectivity index (χ0v) is 16.3. The Kier molecular flexibility index (Phi) is 5.34. The zero-order chi connectivity index (χ0) is 14.4. The fourth-order valence-corrected chi connectivity index (χ4v) is 4.80. The van der Waals surface area contributed by atoms with Crippen LogP contribution in [-0.4, -0.2) is 57.1 Å². The van der Waals surface area contributed by atoms with Gasteiger partial charge in [0, 0.05) is 0 Å². The van der Waals surface area contributed by atoms with E-state index in [1.165, 1.54) is 19.3 Å². The Morgan fingerprint density at radius 2 is 1.86 bits per heavy atom. The van der Waals surface area contributed by atoms with Gasteiger partial charge in [-0.25, -0.2) is 0 Å². The minimum atomic E-state index is 0. The minimum absolute atomic E-state index is 0. The van der Waals surface area contributed by atoms with Crippen LogP contribution in [0, 0.1) is 16.7 Å². The van der Waals surface area contributed by atoms with Gasteiger partial charge < -0.3 is 37.9 Å². The maximum atomic E-state index is 6.39. The molecule has 1 aliphatic heterocycles. The molecule has 4 heteroatoms. The maximum absolute atomic E-state index is 6.39. The number of halogens is 1. The second-order valence-corrected chi connectivity index (χ2v) is 8.37. The molecule has 1 heterocycles. The van der Waals surface area contributed by atoms with Crippen LogP contribution in [0.15, 0.2) is 0 Å². The largest absolute Gasteiger partial charge is 1.00 e. The van der Waals surface area contributed by atoms with Crippen molar-refractivity contribution in [1.29, 1.82) is 0 Å². The van der Waals surface area contributed by atoms with Gasteiger partial charge in [-0.15, -0.1) is 0 Å². The summed E-state index contributed by atoms with van der Waals surface area (Å²) >= 11 is 0. The SMILES string of the molecule is CC1(C)C2CCC1(C)C(OCC[N+]1(C)CCOCC1)C2.[I-]. The van der Waals surface area contributed by atoms with E-state index >= 15 is 0 Å². The molecule has 3 unspecified atom stereocenters. The Labute approximate surface area is 147 Å². The first-order valence-corrected chi connectivity index (χ1v) is 8.40. The fraction of sp³-hybridized carbons (Fsp3) is 1.00. The monoisotopic (exact) mass is 409 g/mol. The van der Waals surface area contributed by atoms with Crippen LogP contribution in [0.3, 0.4) is 0 Å². The molecule has 1 saturated heterocycles. The first kappa shape index (κ1) is 18.0. The van der Waals surface area contributed by atoms with Crippen molar-refractivity contribution in [3.8, 4) is 0 Å². The van der Waals surface area contributed by atoms with Gasteiger partial charge in [-0.2, -0.15) is 0 Å². The van der Waals surface area contributed by atoms with Crippen LogP contribution < -0.4 is 24.0 Å². The molecule has 3 fully saturated rings. The van der Waals surface area contributed by atoms with Crippen molar-refractivity contribution in [1.82, 2.24) is 0 Å². The Hall–Kier alpha value is 0.610. The van der Waals surface area contributed by atoms with Gasteiger partial charge in [0.1, 0.15) is 19.6 Å². The van der Waals surface area contributed by atoms with Gasteiger partial charge in [0.2, 0.25) is 0 Å². The third-order valence-corrected chi connectivity index (χ3v) is 7.22. The number of hydrogen-bond donors (Lipinski definition) is 0. The summed E-state index contributed by atoms with van der Waals surface area (Å²) in [7, 11) is 2.35. The number of likely N-dealkylation sites (N-methyl/N-ethyl adjacent to an activating group) is 1. The molecule has 3 rings (SSSR count). The molecular formula is C17H32INO2. The van der Waals surface area contributed by atoms with Gasteiger partial charge in [-0.1, -0.05) is 20.8 Å². The molecule has 124 valence electrons. The van der Waals surface area contributed by atoms with Crippen molar-refractivity contribution >= 4 is 0 Å².